The van der Waals surface area contributed by atoms with Crippen molar-refractivity contribution < 1.29 is 9.72 Å². The molecular formula is C10H17N5O3. The molecule has 0 aliphatic carbocycles. The molecule has 0 saturated heterocycles. The molecule has 0 aromatic carbocycles. The molecule has 3 N–H and O–H groups in total. The number of aryl methyl sites for hydroxylation is 2. The zero-order valence-electron chi connectivity index (χ0n) is 10.5. The molecule has 1 amide bonds. The van der Waals surface area contributed by atoms with Crippen LogP contribution < -0.4 is 11.1 Å². The molecule has 0 aliphatic rings. The second kappa shape index (κ2) is 5.99. The third-order valence-electron chi connectivity index (χ3n) is 2.38. The molecule has 0 unspecified atom stereocenters. The molecule has 0 spiro atoms. The molecule has 0 atom stereocenters. The standard InChI is InChI=1S/C10H17N5O3/c1-3-6-14-10(12-5-4-8(11)16)9(15(17)18)7(2)13-14/h12H,3-6H2,1-2H3,(H2,11,16). The molecule has 0 fully saturated rings. The van der Waals surface area contributed by atoms with E-state index in [4.69, 9.17) is 5.73 Å². The monoisotopic (exact) mass is 255 g/mol. The van der Waals surface area contributed by atoms with Crippen molar-refractivity contribution in [3.8, 4) is 0 Å². The topological polar surface area (TPSA) is 116 Å². The number of hydrogen-bond donors (Lipinski definition) is 2. The van der Waals surface area contributed by atoms with Crippen LogP contribution in [0.25, 0.3) is 0 Å². The molecule has 1 rings (SSSR count). The highest BCUT2D eigenvalue weighted by molar-refractivity contribution is 5.74. The van der Waals surface area contributed by atoms with E-state index in [1.807, 2.05) is 6.92 Å². The number of carbonyl (C=O) groups is 1. The van der Waals surface area contributed by atoms with E-state index < -0.39 is 10.8 Å². The number of aromatic nitrogens is 2. The lowest BCUT2D eigenvalue weighted by molar-refractivity contribution is -0.384. The number of nitrogens with two attached hydrogens (primary N) is 1. The van der Waals surface area contributed by atoms with Gasteiger partial charge in [0.1, 0.15) is 5.69 Å². The van der Waals surface area contributed by atoms with Crippen molar-refractivity contribution >= 4 is 17.4 Å². The number of nitrogens with zero attached hydrogens (tertiary/aromatic N) is 3. The summed E-state index contributed by atoms with van der Waals surface area (Å²) in [6.07, 6.45) is 0.927. The molecule has 8 heteroatoms. The third kappa shape index (κ3) is 3.19. The van der Waals surface area contributed by atoms with Crippen molar-refractivity contribution in [2.24, 2.45) is 5.73 Å². The first kappa shape index (κ1) is 13.9. The van der Waals surface area contributed by atoms with Crippen molar-refractivity contribution in [1.29, 1.82) is 0 Å². The van der Waals surface area contributed by atoms with Gasteiger partial charge in [0, 0.05) is 19.5 Å². The summed E-state index contributed by atoms with van der Waals surface area (Å²) in [5, 5.41) is 18.0. The molecule has 0 saturated carbocycles. The van der Waals surface area contributed by atoms with Crippen molar-refractivity contribution in [2.45, 2.75) is 33.2 Å². The van der Waals surface area contributed by atoms with Gasteiger partial charge in [-0.2, -0.15) is 5.10 Å². The largest absolute Gasteiger partial charge is 0.370 e. The molecule has 1 heterocycles. The number of nitro groups is 1. The van der Waals surface area contributed by atoms with Crippen LogP contribution in [0, 0.1) is 17.0 Å². The molecule has 1 aromatic heterocycles. The Labute approximate surface area is 104 Å². The van der Waals surface area contributed by atoms with Gasteiger partial charge >= 0.3 is 5.69 Å². The van der Waals surface area contributed by atoms with E-state index in [1.165, 1.54) is 0 Å². The molecule has 8 nitrogen and oxygen atoms in total. The van der Waals surface area contributed by atoms with Crippen molar-refractivity contribution in [2.75, 3.05) is 11.9 Å². The van der Waals surface area contributed by atoms with E-state index in [2.05, 4.69) is 10.4 Å². The minimum Gasteiger partial charge on any atom is -0.370 e. The van der Waals surface area contributed by atoms with Crippen LogP contribution in [0.15, 0.2) is 0 Å². The molecule has 18 heavy (non-hydrogen) atoms. The minimum atomic E-state index is -0.471. The van der Waals surface area contributed by atoms with Gasteiger partial charge in [-0.05, 0) is 13.3 Å². The highest BCUT2D eigenvalue weighted by atomic mass is 16.6. The number of hydrogen-bond acceptors (Lipinski definition) is 5. The summed E-state index contributed by atoms with van der Waals surface area (Å²) in [5.41, 5.74) is 5.33. The summed E-state index contributed by atoms with van der Waals surface area (Å²) in [4.78, 5) is 21.2. The highest BCUT2D eigenvalue weighted by Gasteiger charge is 2.24. The Balaban J connectivity index is 2.96. The average Bonchev–Trinajstić information content (AvgIpc) is 2.55. The van der Waals surface area contributed by atoms with Crippen LogP contribution >= 0.6 is 0 Å². The number of anilines is 1. The smallest absolute Gasteiger partial charge is 0.333 e. The van der Waals surface area contributed by atoms with E-state index in [1.54, 1.807) is 11.6 Å². The van der Waals surface area contributed by atoms with Crippen LogP contribution in [0.5, 0.6) is 0 Å². The predicted octanol–water partition coefficient (Wildman–Crippen LogP) is 0.797. The van der Waals surface area contributed by atoms with Crippen LogP contribution in [-0.4, -0.2) is 27.2 Å². The lowest BCUT2D eigenvalue weighted by Gasteiger charge is -2.07. The summed E-state index contributed by atoms with van der Waals surface area (Å²) in [7, 11) is 0. The summed E-state index contributed by atoms with van der Waals surface area (Å²) in [6.45, 7) is 4.37. The Morgan fingerprint density at radius 3 is 2.78 bits per heavy atom. The van der Waals surface area contributed by atoms with Gasteiger partial charge in [0.25, 0.3) is 0 Å². The van der Waals surface area contributed by atoms with Crippen LogP contribution in [0.2, 0.25) is 0 Å². The maximum atomic E-state index is 11.0. The average molecular weight is 255 g/mol. The van der Waals surface area contributed by atoms with Crippen molar-refractivity contribution in [1.82, 2.24) is 9.78 Å². The molecular weight excluding hydrogens is 238 g/mol. The number of primary amides is 1. The molecule has 100 valence electrons. The lowest BCUT2D eigenvalue weighted by atomic mass is 10.3. The zero-order chi connectivity index (χ0) is 13.7. The van der Waals surface area contributed by atoms with Gasteiger partial charge in [-0.1, -0.05) is 6.92 Å². The summed E-state index contributed by atoms with van der Waals surface area (Å²) in [5.74, 6) is -0.121. The van der Waals surface area contributed by atoms with E-state index in [9.17, 15) is 14.9 Å². The highest BCUT2D eigenvalue weighted by Crippen LogP contribution is 2.28. The third-order valence-corrected chi connectivity index (χ3v) is 2.38. The van der Waals surface area contributed by atoms with Gasteiger partial charge < -0.3 is 11.1 Å². The van der Waals surface area contributed by atoms with Gasteiger partial charge in [0.2, 0.25) is 11.7 Å². The predicted molar refractivity (Wildman–Crippen MR) is 66.2 cm³/mol. The fourth-order valence-electron chi connectivity index (χ4n) is 1.64. The second-order valence-corrected chi connectivity index (χ2v) is 3.91. The second-order valence-electron chi connectivity index (χ2n) is 3.91. The summed E-state index contributed by atoms with van der Waals surface area (Å²) >= 11 is 0. The zero-order valence-corrected chi connectivity index (χ0v) is 10.5. The van der Waals surface area contributed by atoms with E-state index in [0.29, 0.717) is 18.1 Å². The quantitative estimate of drug-likeness (QED) is 0.552. The Morgan fingerprint density at radius 2 is 2.28 bits per heavy atom. The van der Waals surface area contributed by atoms with Gasteiger partial charge in [-0.3, -0.25) is 14.9 Å². The maximum Gasteiger partial charge on any atom is 0.333 e. The van der Waals surface area contributed by atoms with Gasteiger partial charge in [-0.25, -0.2) is 4.68 Å². The van der Waals surface area contributed by atoms with E-state index in [0.717, 1.165) is 6.42 Å². The normalized spacial score (nSPS) is 10.3. The van der Waals surface area contributed by atoms with Crippen LogP contribution in [0.3, 0.4) is 0 Å². The molecule has 0 aliphatic heterocycles. The first-order valence-corrected chi connectivity index (χ1v) is 5.71. The van der Waals surface area contributed by atoms with Gasteiger partial charge in [0.05, 0.1) is 4.92 Å². The minimum absolute atomic E-state index is 0.0482. The van der Waals surface area contributed by atoms with Crippen LogP contribution in [0.1, 0.15) is 25.5 Å². The molecule has 1 aromatic rings. The van der Waals surface area contributed by atoms with Gasteiger partial charge in [0.15, 0.2) is 0 Å². The van der Waals surface area contributed by atoms with Crippen LogP contribution in [0.4, 0.5) is 11.5 Å². The van der Waals surface area contributed by atoms with Gasteiger partial charge in [-0.15, -0.1) is 0 Å². The van der Waals surface area contributed by atoms with E-state index >= 15 is 0 Å². The summed E-state index contributed by atoms with van der Waals surface area (Å²) < 4.78 is 1.55. The Kier molecular flexibility index (Phi) is 4.64. The molecule has 0 bridgehead atoms. The number of carbonyl (C=O) groups excluding carboxylic acids is 1. The van der Waals surface area contributed by atoms with Crippen LogP contribution in [-0.2, 0) is 11.3 Å². The van der Waals surface area contributed by atoms with E-state index in [-0.39, 0.29) is 18.7 Å². The number of amides is 1. The number of nitrogens with one attached hydrogen (secondary N) is 1. The number of rotatable bonds is 7. The molecule has 0 radical (unpaired) electrons. The summed E-state index contributed by atoms with van der Waals surface area (Å²) in [6, 6.07) is 0. The maximum absolute atomic E-state index is 11.0. The first-order valence-electron chi connectivity index (χ1n) is 5.71. The van der Waals surface area contributed by atoms with Crippen molar-refractivity contribution in [3.05, 3.63) is 15.8 Å². The Hall–Kier alpha value is -2.12. The fraction of sp³-hybridized carbons (Fsp3) is 0.600. The fourth-order valence-corrected chi connectivity index (χ4v) is 1.64. The lowest BCUT2D eigenvalue weighted by Crippen LogP contribution is -2.17. The Morgan fingerprint density at radius 1 is 1.61 bits per heavy atom. The van der Waals surface area contributed by atoms with Crippen molar-refractivity contribution in [3.63, 3.8) is 0 Å². The SMILES string of the molecule is CCCn1nc(C)c([N+](=O)[O-])c1NCCC(N)=O. The Bertz CT molecular complexity index is 455. The first-order chi connectivity index (χ1) is 8.47.